The molecule has 1 aliphatic heterocycles. The van der Waals surface area contributed by atoms with Crippen LogP contribution in [0.3, 0.4) is 0 Å². The Morgan fingerprint density at radius 2 is 2.09 bits per heavy atom. The summed E-state index contributed by atoms with van der Waals surface area (Å²) in [6, 6.07) is 4.33. The number of carbonyl (C=O) groups is 2. The summed E-state index contributed by atoms with van der Waals surface area (Å²) in [6.07, 6.45) is 0.928. The molecule has 5 nitrogen and oxygen atoms in total. The second kappa shape index (κ2) is 5.59. The lowest BCUT2D eigenvalue weighted by Gasteiger charge is -2.22. The van der Waals surface area contributed by atoms with Crippen molar-refractivity contribution >= 4 is 11.8 Å². The molecule has 1 aromatic carbocycles. The molecule has 2 amide bonds. The Bertz CT molecular complexity index is 615. The molecule has 0 radical (unpaired) electrons. The van der Waals surface area contributed by atoms with E-state index in [-0.39, 0.29) is 18.9 Å². The van der Waals surface area contributed by atoms with E-state index < -0.39 is 18.1 Å². The van der Waals surface area contributed by atoms with Gasteiger partial charge < -0.3 is 15.4 Å². The number of primary amides is 1. The Morgan fingerprint density at radius 1 is 1.36 bits per heavy atom. The molecule has 1 aliphatic carbocycles. The van der Waals surface area contributed by atoms with E-state index in [0.29, 0.717) is 11.5 Å². The van der Waals surface area contributed by atoms with Gasteiger partial charge in [-0.2, -0.15) is 0 Å². The van der Waals surface area contributed by atoms with Crippen molar-refractivity contribution < 1.29 is 18.7 Å². The molecule has 2 atom stereocenters. The molecule has 118 valence electrons. The molecule has 0 unspecified atom stereocenters. The van der Waals surface area contributed by atoms with Gasteiger partial charge in [0.1, 0.15) is 18.0 Å². The van der Waals surface area contributed by atoms with E-state index in [1.54, 1.807) is 25.3 Å². The van der Waals surface area contributed by atoms with Gasteiger partial charge in [0.25, 0.3) is 5.91 Å². The molecule has 2 aliphatic rings. The van der Waals surface area contributed by atoms with Crippen LogP contribution in [0.1, 0.15) is 41.1 Å². The Labute approximate surface area is 128 Å². The molecule has 0 bridgehead atoms. The number of methoxy groups -OCH3 is 1. The molecule has 2 fully saturated rings. The van der Waals surface area contributed by atoms with Crippen LogP contribution >= 0.6 is 0 Å². The van der Waals surface area contributed by atoms with E-state index >= 15 is 0 Å². The van der Waals surface area contributed by atoms with Gasteiger partial charge in [-0.3, -0.25) is 9.59 Å². The zero-order chi connectivity index (χ0) is 15.9. The number of carbonyl (C=O) groups excluding carboxylic acids is 2. The van der Waals surface area contributed by atoms with Gasteiger partial charge in [0.15, 0.2) is 0 Å². The fourth-order valence-electron chi connectivity index (χ4n) is 3.03. The Kier molecular flexibility index (Phi) is 3.76. The standard InChI is InChI=1S/C16H19FN2O3/c1-22-14-5-4-10(6-12(14)9-2-3-9)16(21)19-8-11(17)7-13(19)15(18)20/h4-6,9,11,13H,2-3,7-8H2,1H3,(H2,18,20)/t11-,13+/m1/s1. The SMILES string of the molecule is COc1ccc(C(=O)N2C[C@H](F)C[C@H]2C(N)=O)cc1C1CC1. The summed E-state index contributed by atoms with van der Waals surface area (Å²) < 4.78 is 18.9. The van der Waals surface area contributed by atoms with Crippen molar-refractivity contribution in [3.05, 3.63) is 29.3 Å². The summed E-state index contributed by atoms with van der Waals surface area (Å²) in [7, 11) is 1.60. The fraction of sp³-hybridized carbons (Fsp3) is 0.500. The van der Waals surface area contributed by atoms with E-state index in [9.17, 15) is 14.0 Å². The topological polar surface area (TPSA) is 72.6 Å². The van der Waals surface area contributed by atoms with Crippen LogP contribution in [0.2, 0.25) is 0 Å². The molecule has 1 aromatic rings. The Hall–Kier alpha value is -2.11. The highest BCUT2D eigenvalue weighted by Crippen LogP contribution is 2.44. The first-order valence-electron chi connectivity index (χ1n) is 7.43. The quantitative estimate of drug-likeness (QED) is 0.918. The normalized spacial score (nSPS) is 24.4. The van der Waals surface area contributed by atoms with Crippen molar-refractivity contribution in [1.29, 1.82) is 0 Å². The number of nitrogens with two attached hydrogens (primary N) is 1. The van der Waals surface area contributed by atoms with Gasteiger partial charge >= 0.3 is 0 Å². The average molecular weight is 306 g/mol. The van der Waals surface area contributed by atoms with Crippen molar-refractivity contribution in [1.82, 2.24) is 4.90 Å². The third kappa shape index (κ3) is 2.65. The molecule has 2 N–H and O–H groups in total. The van der Waals surface area contributed by atoms with E-state index in [0.717, 1.165) is 24.2 Å². The van der Waals surface area contributed by atoms with E-state index in [2.05, 4.69) is 0 Å². The number of alkyl halides is 1. The zero-order valence-corrected chi connectivity index (χ0v) is 12.4. The minimum absolute atomic E-state index is 0.0211. The van der Waals surface area contributed by atoms with Crippen LogP contribution in [0.25, 0.3) is 0 Å². The van der Waals surface area contributed by atoms with Crippen LogP contribution in [0, 0.1) is 0 Å². The number of ether oxygens (including phenoxy) is 1. The zero-order valence-electron chi connectivity index (χ0n) is 12.4. The average Bonchev–Trinajstić information content (AvgIpc) is 3.27. The van der Waals surface area contributed by atoms with Crippen molar-refractivity contribution in [3.8, 4) is 5.75 Å². The number of benzene rings is 1. The first kappa shape index (κ1) is 14.8. The predicted octanol–water partition coefficient (Wildman–Crippen LogP) is 1.61. The number of nitrogens with zero attached hydrogens (tertiary/aromatic N) is 1. The molecule has 22 heavy (non-hydrogen) atoms. The highest BCUT2D eigenvalue weighted by molar-refractivity contribution is 5.98. The first-order chi connectivity index (χ1) is 10.5. The van der Waals surface area contributed by atoms with Gasteiger partial charge in [0.05, 0.1) is 13.7 Å². The molecule has 1 heterocycles. The lowest BCUT2D eigenvalue weighted by molar-refractivity contribution is -0.121. The summed E-state index contributed by atoms with van der Waals surface area (Å²) in [5.74, 6) is 0.162. The first-order valence-corrected chi connectivity index (χ1v) is 7.43. The second-order valence-corrected chi connectivity index (χ2v) is 5.94. The van der Waals surface area contributed by atoms with Gasteiger partial charge in [-0.25, -0.2) is 4.39 Å². The summed E-state index contributed by atoms with van der Waals surface area (Å²) in [6.45, 7) is -0.0861. The Morgan fingerprint density at radius 3 is 2.68 bits per heavy atom. The molecule has 6 heteroatoms. The lowest BCUT2D eigenvalue weighted by atomic mass is 10.0. The second-order valence-electron chi connectivity index (χ2n) is 5.94. The molecular formula is C16H19FN2O3. The molecular weight excluding hydrogens is 287 g/mol. The maximum absolute atomic E-state index is 13.6. The van der Waals surface area contributed by atoms with Gasteiger partial charge in [-0.05, 0) is 42.5 Å². The molecule has 0 aromatic heterocycles. The van der Waals surface area contributed by atoms with E-state index in [4.69, 9.17) is 10.5 Å². The lowest BCUT2D eigenvalue weighted by Crippen LogP contribution is -2.43. The minimum Gasteiger partial charge on any atom is -0.496 e. The van der Waals surface area contributed by atoms with Gasteiger partial charge in [0, 0.05) is 12.0 Å². The molecule has 1 saturated heterocycles. The molecule has 0 spiro atoms. The third-order valence-electron chi connectivity index (χ3n) is 4.33. The maximum Gasteiger partial charge on any atom is 0.254 e. The van der Waals surface area contributed by atoms with Crippen molar-refractivity contribution in [2.75, 3.05) is 13.7 Å². The van der Waals surface area contributed by atoms with Gasteiger partial charge in [-0.15, -0.1) is 0 Å². The molecule has 3 rings (SSSR count). The monoisotopic (exact) mass is 306 g/mol. The van der Waals surface area contributed by atoms with Crippen LogP contribution in [0.4, 0.5) is 4.39 Å². The number of hydrogen-bond acceptors (Lipinski definition) is 3. The highest BCUT2D eigenvalue weighted by Gasteiger charge is 2.39. The highest BCUT2D eigenvalue weighted by atomic mass is 19.1. The maximum atomic E-state index is 13.6. The summed E-state index contributed by atoms with van der Waals surface area (Å²) in [5, 5.41) is 0. The number of amides is 2. The minimum atomic E-state index is -1.21. The molecule has 1 saturated carbocycles. The summed E-state index contributed by atoms with van der Waals surface area (Å²) in [5.41, 5.74) is 6.73. The van der Waals surface area contributed by atoms with Crippen LogP contribution in [-0.2, 0) is 4.79 Å². The van der Waals surface area contributed by atoms with Gasteiger partial charge in [-0.1, -0.05) is 0 Å². The van der Waals surface area contributed by atoms with Crippen molar-refractivity contribution in [2.45, 2.75) is 37.4 Å². The van der Waals surface area contributed by atoms with Crippen LogP contribution < -0.4 is 10.5 Å². The summed E-state index contributed by atoms with van der Waals surface area (Å²) >= 11 is 0. The number of likely N-dealkylation sites (tertiary alicyclic amines) is 1. The Balaban J connectivity index is 1.88. The predicted molar refractivity (Wildman–Crippen MR) is 78.5 cm³/mol. The number of hydrogen-bond donors (Lipinski definition) is 1. The van der Waals surface area contributed by atoms with Crippen molar-refractivity contribution in [2.24, 2.45) is 5.73 Å². The van der Waals surface area contributed by atoms with Gasteiger partial charge in [0.2, 0.25) is 5.91 Å². The van der Waals surface area contributed by atoms with Crippen LogP contribution in [0.5, 0.6) is 5.75 Å². The van der Waals surface area contributed by atoms with Crippen LogP contribution in [-0.4, -0.2) is 42.6 Å². The smallest absolute Gasteiger partial charge is 0.254 e. The van der Waals surface area contributed by atoms with E-state index in [1.165, 1.54) is 4.90 Å². The van der Waals surface area contributed by atoms with E-state index in [1.807, 2.05) is 0 Å². The largest absolute Gasteiger partial charge is 0.496 e. The number of rotatable bonds is 4. The third-order valence-corrected chi connectivity index (χ3v) is 4.33. The summed E-state index contributed by atoms with van der Waals surface area (Å²) in [4.78, 5) is 25.3. The van der Waals surface area contributed by atoms with Crippen LogP contribution in [0.15, 0.2) is 18.2 Å². The fourth-order valence-corrected chi connectivity index (χ4v) is 3.03. The van der Waals surface area contributed by atoms with Crippen molar-refractivity contribution in [3.63, 3.8) is 0 Å². The number of halogens is 1.